The molecule has 3 aliphatic heterocycles. The Labute approximate surface area is 198 Å². The lowest BCUT2D eigenvalue weighted by atomic mass is 10.1. The third-order valence-electron chi connectivity index (χ3n) is 6.62. The molecule has 0 spiro atoms. The Morgan fingerprint density at radius 1 is 1.03 bits per heavy atom. The van der Waals surface area contributed by atoms with E-state index in [1.54, 1.807) is 6.92 Å². The van der Waals surface area contributed by atoms with Crippen molar-refractivity contribution < 1.29 is 33.8 Å². The SMILES string of the molecule is CC1CC(=O)N2CCCC2C(=O)N(C)C(CCO)C(=O)NC(C)C(=O)N2CCCC(N2)C(=O)O1. The standard InChI is InChI=1S/C22H35N5O7/c1-13-12-18(29)26-9-5-7-17(26)21(32)25(3)16(8-11-28)19(30)23-14(2)20(31)27-10-4-6-15(24-27)22(33)34-13/h13-17,24,28H,4-12H2,1-3H3,(H,23,30). The molecule has 3 aliphatic rings. The molecule has 0 radical (unpaired) electrons. The molecule has 3 rings (SSSR count). The minimum absolute atomic E-state index is 0.0148. The zero-order valence-corrected chi connectivity index (χ0v) is 20.0. The number of hydrazine groups is 1. The van der Waals surface area contributed by atoms with E-state index in [0.717, 1.165) is 0 Å². The van der Waals surface area contributed by atoms with E-state index in [0.29, 0.717) is 38.8 Å². The van der Waals surface area contributed by atoms with Crippen molar-refractivity contribution in [2.75, 3.05) is 26.7 Å². The predicted molar refractivity (Wildman–Crippen MR) is 119 cm³/mol. The van der Waals surface area contributed by atoms with E-state index >= 15 is 0 Å². The maximum absolute atomic E-state index is 13.3. The third kappa shape index (κ3) is 5.66. The quantitative estimate of drug-likeness (QED) is 0.405. The molecule has 5 unspecified atom stereocenters. The Balaban J connectivity index is 1.90. The number of nitrogens with zero attached hydrogens (tertiary/aromatic N) is 3. The number of carbonyl (C=O) groups is 5. The first-order valence-corrected chi connectivity index (χ1v) is 11.9. The molecule has 5 atom stereocenters. The van der Waals surface area contributed by atoms with Crippen molar-refractivity contribution in [3.63, 3.8) is 0 Å². The number of esters is 1. The van der Waals surface area contributed by atoms with Crippen LogP contribution in [0.3, 0.4) is 0 Å². The Hall–Kier alpha value is -2.73. The van der Waals surface area contributed by atoms with Gasteiger partial charge in [-0.05, 0) is 46.0 Å². The van der Waals surface area contributed by atoms with Gasteiger partial charge in [0.1, 0.15) is 30.3 Å². The van der Waals surface area contributed by atoms with Crippen LogP contribution in [-0.4, -0.2) is 107 Å². The molecule has 34 heavy (non-hydrogen) atoms. The predicted octanol–water partition coefficient (Wildman–Crippen LogP) is -1.48. The lowest BCUT2D eigenvalue weighted by Crippen LogP contribution is -2.61. The number of aliphatic hydroxyl groups excluding tert-OH is 1. The molecule has 3 N–H and O–H groups in total. The smallest absolute Gasteiger partial charge is 0.325 e. The summed E-state index contributed by atoms with van der Waals surface area (Å²) in [6.07, 6.45) is 1.32. The summed E-state index contributed by atoms with van der Waals surface area (Å²) in [5.41, 5.74) is 2.87. The summed E-state index contributed by atoms with van der Waals surface area (Å²) in [5.74, 6) is -2.28. The van der Waals surface area contributed by atoms with E-state index in [1.165, 1.54) is 28.8 Å². The van der Waals surface area contributed by atoms with Gasteiger partial charge in [0.05, 0.1) is 6.42 Å². The van der Waals surface area contributed by atoms with Gasteiger partial charge in [-0.1, -0.05) is 0 Å². The molecule has 190 valence electrons. The summed E-state index contributed by atoms with van der Waals surface area (Å²) in [4.78, 5) is 67.6. The Kier molecular flexibility index (Phi) is 8.47. The van der Waals surface area contributed by atoms with Crippen LogP contribution in [0.25, 0.3) is 0 Å². The number of likely N-dealkylation sites (N-methyl/N-ethyl adjacent to an activating group) is 1. The fourth-order valence-electron chi connectivity index (χ4n) is 4.74. The maximum atomic E-state index is 13.3. The average Bonchev–Trinajstić information content (AvgIpc) is 3.30. The molecular formula is C22H35N5O7. The van der Waals surface area contributed by atoms with Gasteiger partial charge in [-0.15, -0.1) is 0 Å². The highest BCUT2D eigenvalue weighted by Gasteiger charge is 2.40. The van der Waals surface area contributed by atoms with Gasteiger partial charge in [0.2, 0.25) is 17.7 Å². The maximum Gasteiger partial charge on any atom is 0.325 e. The Morgan fingerprint density at radius 2 is 1.74 bits per heavy atom. The molecule has 0 aromatic heterocycles. The second-order valence-corrected chi connectivity index (χ2v) is 9.22. The minimum atomic E-state index is -1.01. The summed E-state index contributed by atoms with van der Waals surface area (Å²) in [5, 5.41) is 13.4. The third-order valence-corrected chi connectivity index (χ3v) is 6.62. The van der Waals surface area contributed by atoms with Gasteiger partial charge in [0.15, 0.2) is 0 Å². The zero-order valence-electron chi connectivity index (χ0n) is 20.0. The molecule has 0 aromatic rings. The molecule has 3 heterocycles. The largest absolute Gasteiger partial charge is 0.461 e. The number of hydrogen-bond donors (Lipinski definition) is 3. The Morgan fingerprint density at radius 3 is 2.44 bits per heavy atom. The van der Waals surface area contributed by atoms with Crippen molar-refractivity contribution in [3.05, 3.63) is 0 Å². The minimum Gasteiger partial charge on any atom is -0.461 e. The number of ether oxygens (including phenoxy) is 1. The first-order valence-electron chi connectivity index (χ1n) is 11.9. The first-order chi connectivity index (χ1) is 16.1. The van der Waals surface area contributed by atoms with Gasteiger partial charge in [-0.3, -0.25) is 29.0 Å². The first kappa shape index (κ1) is 25.9. The number of rotatable bonds is 2. The van der Waals surface area contributed by atoms with E-state index in [9.17, 15) is 29.1 Å². The van der Waals surface area contributed by atoms with Crippen molar-refractivity contribution in [1.82, 2.24) is 25.6 Å². The van der Waals surface area contributed by atoms with Gasteiger partial charge in [-0.2, -0.15) is 0 Å². The van der Waals surface area contributed by atoms with Crippen LogP contribution in [0, 0.1) is 0 Å². The van der Waals surface area contributed by atoms with Crippen LogP contribution in [0.5, 0.6) is 0 Å². The molecule has 12 nitrogen and oxygen atoms in total. The highest BCUT2D eigenvalue weighted by atomic mass is 16.5. The summed E-state index contributed by atoms with van der Waals surface area (Å²) in [6.45, 7) is 3.56. The number of amides is 4. The average molecular weight is 482 g/mol. The molecule has 12 heteroatoms. The molecule has 4 amide bonds. The summed E-state index contributed by atoms with van der Waals surface area (Å²) in [7, 11) is 1.46. The van der Waals surface area contributed by atoms with E-state index in [1.807, 2.05) is 0 Å². The number of fused-ring (bicyclic) bond motifs is 3. The molecule has 0 aliphatic carbocycles. The monoisotopic (exact) mass is 481 g/mol. The second-order valence-electron chi connectivity index (χ2n) is 9.22. The van der Waals surface area contributed by atoms with Gasteiger partial charge >= 0.3 is 5.97 Å². The molecular weight excluding hydrogens is 446 g/mol. The van der Waals surface area contributed by atoms with Crippen LogP contribution >= 0.6 is 0 Å². The fourth-order valence-corrected chi connectivity index (χ4v) is 4.74. The Bertz CT molecular complexity index is 821. The van der Waals surface area contributed by atoms with Crippen molar-refractivity contribution in [2.24, 2.45) is 0 Å². The van der Waals surface area contributed by atoms with Crippen molar-refractivity contribution in [3.8, 4) is 0 Å². The van der Waals surface area contributed by atoms with Crippen LogP contribution in [0.15, 0.2) is 0 Å². The van der Waals surface area contributed by atoms with E-state index in [-0.39, 0.29) is 25.4 Å². The van der Waals surface area contributed by atoms with Crippen molar-refractivity contribution in [1.29, 1.82) is 0 Å². The highest BCUT2D eigenvalue weighted by molar-refractivity contribution is 5.94. The van der Waals surface area contributed by atoms with E-state index in [2.05, 4.69) is 10.7 Å². The van der Waals surface area contributed by atoms with Crippen LogP contribution in [0.4, 0.5) is 0 Å². The van der Waals surface area contributed by atoms with E-state index < -0.39 is 54.0 Å². The van der Waals surface area contributed by atoms with Gasteiger partial charge in [-0.25, -0.2) is 5.43 Å². The zero-order chi connectivity index (χ0) is 25.0. The topological polar surface area (TPSA) is 149 Å². The van der Waals surface area contributed by atoms with Crippen LogP contribution in [-0.2, 0) is 28.7 Å². The summed E-state index contributed by atoms with van der Waals surface area (Å²) >= 11 is 0. The fraction of sp³-hybridized carbons (Fsp3) is 0.773. The molecule has 3 fully saturated rings. The van der Waals surface area contributed by atoms with Crippen LogP contribution in [0.1, 0.15) is 52.4 Å². The van der Waals surface area contributed by atoms with Gasteiger partial charge in [0, 0.05) is 26.7 Å². The summed E-state index contributed by atoms with van der Waals surface area (Å²) in [6, 6.07) is -3.43. The molecule has 3 saturated heterocycles. The van der Waals surface area contributed by atoms with Gasteiger partial charge < -0.3 is 25.0 Å². The number of cyclic esters (lactones) is 1. The van der Waals surface area contributed by atoms with Crippen LogP contribution < -0.4 is 10.7 Å². The molecule has 0 aromatic carbocycles. The number of aliphatic hydroxyl groups is 1. The normalized spacial score (nSPS) is 32.3. The van der Waals surface area contributed by atoms with Crippen molar-refractivity contribution in [2.45, 2.75) is 82.6 Å². The number of carbonyl (C=O) groups excluding carboxylic acids is 5. The highest BCUT2D eigenvalue weighted by Crippen LogP contribution is 2.23. The van der Waals surface area contributed by atoms with E-state index in [4.69, 9.17) is 4.74 Å². The molecule has 2 bridgehead atoms. The second kappa shape index (κ2) is 11.1. The number of nitrogens with one attached hydrogen (secondary N) is 2. The van der Waals surface area contributed by atoms with Crippen LogP contribution in [0.2, 0.25) is 0 Å². The molecule has 0 saturated carbocycles. The lowest BCUT2D eigenvalue weighted by Gasteiger charge is -2.35. The lowest BCUT2D eigenvalue weighted by molar-refractivity contribution is -0.158. The summed E-state index contributed by atoms with van der Waals surface area (Å²) < 4.78 is 5.48. The van der Waals surface area contributed by atoms with Crippen molar-refractivity contribution >= 4 is 29.6 Å². The number of hydrogen-bond acceptors (Lipinski definition) is 8. The van der Waals surface area contributed by atoms with Gasteiger partial charge in [0.25, 0.3) is 5.91 Å².